The molecule has 2 atom stereocenters. The maximum Gasteiger partial charge on any atom is 0.410 e. The van der Waals surface area contributed by atoms with E-state index in [1.807, 2.05) is 30.3 Å². The molecule has 148 valence electrons. The highest BCUT2D eigenvalue weighted by Gasteiger charge is 2.50. The highest BCUT2D eigenvalue weighted by Crippen LogP contribution is 2.43. The van der Waals surface area contributed by atoms with Gasteiger partial charge >= 0.3 is 6.09 Å². The minimum absolute atomic E-state index is 0.0919. The molecule has 2 bridgehead atoms. The summed E-state index contributed by atoms with van der Waals surface area (Å²) < 4.78 is 33.5. The highest BCUT2D eigenvalue weighted by atomic mass is 19.1. The summed E-state index contributed by atoms with van der Waals surface area (Å²) in [6, 6.07) is 12.8. The number of ether oxygens (including phenoxy) is 1. The lowest BCUT2D eigenvalue weighted by Gasteiger charge is -2.43. The first-order valence-electron chi connectivity index (χ1n) is 9.59. The molecule has 2 fully saturated rings. The van der Waals surface area contributed by atoms with E-state index in [0.717, 1.165) is 18.4 Å². The number of benzene rings is 2. The van der Waals surface area contributed by atoms with Crippen LogP contribution < -0.4 is 0 Å². The normalized spacial score (nSPS) is 26.3. The second-order valence-electron chi connectivity index (χ2n) is 7.84. The molecule has 2 aliphatic heterocycles. The zero-order chi connectivity index (χ0) is 19.7. The van der Waals surface area contributed by atoms with Crippen molar-refractivity contribution in [3.63, 3.8) is 0 Å². The van der Waals surface area contributed by atoms with Gasteiger partial charge in [-0.3, -0.25) is 0 Å². The molecule has 4 nitrogen and oxygen atoms in total. The monoisotopic (exact) mass is 387 g/mol. The van der Waals surface area contributed by atoms with Gasteiger partial charge in [-0.15, -0.1) is 0 Å². The zero-order valence-corrected chi connectivity index (χ0v) is 15.5. The first-order valence-corrected chi connectivity index (χ1v) is 9.59. The molecule has 0 spiro atoms. The van der Waals surface area contributed by atoms with E-state index in [1.165, 1.54) is 18.2 Å². The number of halogens is 2. The molecule has 2 heterocycles. The van der Waals surface area contributed by atoms with Crippen molar-refractivity contribution in [3.8, 4) is 0 Å². The van der Waals surface area contributed by atoms with Crippen molar-refractivity contribution in [3.05, 3.63) is 71.3 Å². The molecule has 28 heavy (non-hydrogen) atoms. The number of nitrogens with zero attached hydrogens (tertiary/aromatic N) is 1. The number of hydrogen-bond acceptors (Lipinski definition) is 3. The molecule has 0 aliphatic carbocycles. The fourth-order valence-corrected chi connectivity index (χ4v) is 4.59. The summed E-state index contributed by atoms with van der Waals surface area (Å²) in [6.07, 6.45) is 1.61. The van der Waals surface area contributed by atoms with Gasteiger partial charge in [0, 0.05) is 24.1 Å². The zero-order valence-electron chi connectivity index (χ0n) is 15.5. The lowest BCUT2D eigenvalue weighted by Crippen LogP contribution is -2.54. The Bertz CT molecular complexity index is 824. The van der Waals surface area contributed by atoms with Crippen molar-refractivity contribution in [1.29, 1.82) is 0 Å². The smallest absolute Gasteiger partial charge is 0.410 e. The number of fused-ring (bicyclic) bond motifs is 2. The van der Waals surface area contributed by atoms with E-state index in [1.54, 1.807) is 4.90 Å². The average molecular weight is 387 g/mol. The van der Waals surface area contributed by atoms with E-state index in [-0.39, 0.29) is 43.5 Å². The molecular formula is C22H23F2NO3. The number of amides is 1. The summed E-state index contributed by atoms with van der Waals surface area (Å²) in [5.41, 5.74) is -0.415. The van der Waals surface area contributed by atoms with Gasteiger partial charge in [0.05, 0.1) is 5.60 Å². The van der Waals surface area contributed by atoms with E-state index in [9.17, 15) is 18.7 Å². The first-order chi connectivity index (χ1) is 13.5. The summed E-state index contributed by atoms with van der Waals surface area (Å²) in [7, 11) is 0. The van der Waals surface area contributed by atoms with Crippen LogP contribution in [0.3, 0.4) is 0 Å². The Balaban J connectivity index is 1.43. The number of hydrogen-bond donors (Lipinski definition) is 1. The van der Waals surface area contributed by atoms with Gasteiger partial charge in [0.15, 0.2) is 0 Å². The lowest BCUT2D eigenvalue weighted by atomic mass is 9.81. The number of carbonyl (C=O) groups excluding carboxylic acids is 1. The van der Waals surface area contributed by atoms with Crippen molar-refractivity contribution in [2.75, 3.05) is 0 Å². The van der Waals surface area contributed by atoms with Crippen molar-refractivity contribution in [2.45, 2.75) is 56.4 Å². The predicted molar refractivity (Wildman–Crippen MR) is 99.5 cm³/mol. The maximum atomic E-state index is 14.0. The van der Waals surface area contributed by atoms with E-state index in [4.69, 9.17) is 4.74 Å². The van der Waals surface area contributed by atoms with Crippen LogP contribution in [0.25, 0.3) is 0 Å². The Morgan fingerprint density at radius 3 is 2.25 bits per heavy atom. The molecule has 2 aliphatic rings. The van der Waals surface area contributed by atoms with Crippen LogP contribution in [0.5, 0.6) is 0 Å². The largest absolute Gasteiger partial charge is 0.445 e. The molecule has 0 saturated carbocycles. The molecule has 4 rings (SSSR count). The van der Waals surface area contributed by atoms with Gasteiger partial charge in [0.1, 0.15) is 18.2 Å². The van der Waals surface area contributed by atoms with Crippen LogP contribution in [0.4, 0.5) is 13.6 Å². The predicted octanol–water partition coefficient (Wildman–Crippen LogP) is 4.20. The molecule has 0 aromatic heterocycles. The second kappa shape index (κ2) is 7.51. The van der Waals surface area contributed by atoms with Gasteiger partial charge in [-0.05, 0) is 43.4 Å². The van der Waals surface area contributed by atoms with Gasteiger partial charge < -0.3 is 14.7 Å². The summed E-state index contributed by atoms with van der Waals surface area (Å²) >= 11 is 0. The van der Waals surface area contributed by atoms with Crippen LogP contribution in [-0.4, -0.2) is 33.8 Å². The first kappa shape index (κ1) is 18.9. The molecule has 2 unspecified atom stereocenters. The molecule has 6 heteroatoms. The van der Waals surface area contributed by atoms with E-state index >= 15 is 0 Å². The van der Waals surface area contributed by atoms with Crippen LogP contribution in [-0.2, 0) is 17.8 Å². The van der Waals surface area contributed by atoms with Gasteiger partial charge in [-0.2, -0.15) is 0 Å². The second-order valence-corrected chi connectivity index (χ2v) is 7.84. The summed E-state index contributed by atoms with van der Waals surface area (Å²) in [6.45, 7) is 0.195. The Labute approximate surface area is 162 Å². The quantitative estimate of drug-likeness (QED) is 0.855. The molecular weight excluding hydrogens is 364 g/mol. The average Bonchev–Trinajstić information content (AvgIpc) is 2.96. The van der Waals surface area contributed by atoms with E-state index in [2.05, 4.69) is 0 Å². The lowest BCUT2D eigenvalue weighted by molar-refractivity contribution is -0.0494. The standard InChI is InChI=1S/C22H23F2NO3/c23-19-7-4-8-20(24)18(19)13-22(27)11-16-9-10-17(12-22)25(16)21(26)28-14-15-5-2-1-3-6-15/h1-8,16-17,27H,9-14H2. The molecule has 2 aromatic rings. The van der Waals surface area contributed by atoms with Crippen molar-refractivity contribution < 1.29 is 23.4 Å². The van der Waals surface area contributed by atoms with Crippen LogP contribution in [0.15, 0.2) is 48.5 Å². The van der Waals surface area contributed by atoms with Crippen molar-refractivity contribution in [1.82, 2.24) is 4.90 Å². The molecule has 0 radical (unpaired) electrons. The topological polar surface area (TPSA) is 49.8 Å². The van der Waals surface area contributed by atoms with Gasteiger partial charge in [0.25, 0.3) is 0 Å². The van der Waals surface area contributed by atoms with Gasteiger partial charge in [0.2, 0.25) is 0 Å². The minimum Gasteiger partial charge on any atom is -0.445 e. The number of rotatable bonds is 4. The van der Waals surface area contributed by atoms with E-state index in [0.29, 0.717) is 0 Å². The Morgan fingerprint density at radius 1 is 1.04 bits per heavy atom. The molecule has 2 saturated heterocycles. The Morgan fingerprint density at radius 2 is 1.64 bits per heavy atom. The summed E-state index contributed by atoms with van der Waals surface area (Å²) in [4.78, 5) is 14.3. The SMILES string of the molecule is O=C(OCc1ccccc1)N1C2CCC1CC(O)(Cc1c(F)cccc1F)C2. The Kier molecular flexibility index (Phi) is 5.06. The number of piperidine rings is 1. The Hall–Kier alpha value is -2.47. The fraction of sp³-hybridized carbons (Fsp3) is 0.409. The van der Waals surface area contributed by atoms with Gasteiger partial charge in [-0.25, -0.2) is 13.6 Å². The van der Waals surface area contributed by atoms with Crippen molar-refractivity contribution >= 4 is 6.09 Å². The van der Waals surface area contributed by atoms with Crippen LogP contribution in [0.2, 0.25) is 0 Å². The fourth-order valence-electron chi connectivity index (χ4n) is 4.59. The third kappa shape index (κ3) is 3.74. The molecule has 1 amide bonds. The van der Waals surface area contributed by atoms with E-state index < -0.39 is 23.3 Å². The summed E-state index contributed by atoms with van der Waals surface area (Å²) in [5.74, 6) is -1.30. The summed E-state index contributed by atoms with van der Waals surface area (Å²) in [5, 5.41) is 11.0. The van der Waals surface area contributed by atoms with Crippen LogP contribution >= 0.6 is 0 Å². The molecule has 1 N–H and O–H groups in total. The third-order valence-electron chi connectivity index (χ3n) is 5.83. The highest BCUT2D eigenvalue weighted by molar-refractivity contribution is 5.69. The minimum atomic E-state index is -1.23. The third-order valence-corrected chi connectivity index (χ3v) is 5.83. The van der Waals surface area contributed by atoms with Gasteiger partial charge in [-0.1, -0.05) is 36.4 Å². The number of carbonyl (C=O) groups is 1. The van der Waals surface area contributed by atoms with Crippen LogP contribution in [0, 0.1) is 11.6 Å². The maximum absolute atomic E-state index is 14.0. The number of aliphatic hydroxyl groups is 1. The van der Waals surface area contributed by atoms with Crippen molar-refractivity contribution in [2.24, 2.45) is 0 Å². The molecule has 2 aromatic carbocycles. The van der Waals surface area contributed by atoms with Crippen LogP contribution in [0.1, 0.15) is 36.8 Å².